The quantitative estimate of drug-likeness (QED) is 0.808. The van der Waals surface area contributed by atoms with Crippen LogP contribution in [-0.4, -0.2) is 54.9 Å². The molecule has 0 bridgehead atoms. The number of ether oxygens (including phenoxy) is 2. The van der Waals surface area contributed by atoms with Gasteiger partial charge in [-0.05, 0) is 18.6 Å². The minimum atomic E-state index is -0.246. The van der Waals surface area contributed by atoms with Gasteiger partial charge in [-0.15, -0.1) is 0 Å². The maximum atomic E-state index is 12.1. The molecule has 1 aromatic heterocycles. The number of unbranched alkanes of at least 4 members (excludes halogenated alkanes) is 1. The summed E-state index contributed by atoms with van der Waals surface area (Å²) in [6.07, 6.45) is 5.04. The Morgan fingerprint density at radius 1 is 1.57 bits per heavy atom. The standard InChI is InChI=1S/C15H23N3O3/c1-2-3-9-20-15(19)18-8-7-17-10-13(18)12-21-14-5-4-6-16-11-14/h4-6,11,13,17H,2-3,7-10,12H2,1H3. The molecular weight excluding hydrogens is 270 g/mol. The first-order valence-electron chi connectivity index (χ1n) is 7.48. The van der Waals surface area contributed by atoms with Gasteiger partial charge in [-0.2, -0.15) is 0 Å². The Kier molecular flexibility index (Phi) is 6.27. The maximum Gasteiger partial charge on any atom is 0.410 e. The normalized spacial score (nSPS) is 18.3. The Bertz CT molecular complexity index is 427. The van der Waals surface area contributed by atoms with Gasteiger partial charge in [-0.25, -0.2) is 4.79 Å². The molecule has 1 amide bonds. The summed E-state index contributed by atoms with van der Waals surface area (Å²) in [6.45, 7) is 5.13. The van der Waals surface area contributed by atoms with Crippen molar-refractivity contribution in [1.82, 2.24) is 15.2 Å². The third kappa shape index (κ3) is 4.90. The third-order valence-corrected chi connectivity index (χ3v) is 3.38. The van der Waals surface area contributed by atoms with Gasteiger partial charge < -0.3 is 14.8 Å². The Morgan fingerprint density at radius 2 is 2.48 bits per heavy atom. The molecule has 0 saturated carbocycles. The Labute approximate surface area is 125 Å². The molecule has 2 rings (SSSR count). The summed E-state index contributed by atoms with van der Waals surface area (Å²) in [5, 5.41) is 3.28. The van der Waals surface area contributed by atoms with Gasteiger partial charge in [0.25, 0.3) is 0 Å². The Hall–Kier alpha value is -1.82. The van der Waals surface area contributed by atoms with E-state index in [1.54, 1.807) is 17.3 Å². The molecule has 1 atom stereocenters. The van der Waals surface area contributed by atoms with Gasteiger partial charge in [0.1, 0.15) is 12.4 Å². The number of hydrogen-bond donors (Lipinski definition) is 1. The molecule has 1 fully saturated rings. The third-order valence-electron chi connectivity index (χ3n) is 3.38. The summed E-state index contributed by atoms with van der Waals surface area (Å²) in [7, 11) is 0. The minimum Gasteiger partial charge on any atom is -0.490 e. The first-order chi connectivity index (χ1) is 10.3. The fraction of sp³-hybridized carbons (Fsp3) is 0.600. The zero-order valence-corrected chi connectivity index (χ0v) is 12.5. The monoisotopic (exact) mass is 293 g/mol. The van der Waals surface area contributed by atoms with Crippen molar-refractivity contribution in [2.24, 2.45) is 0 Å². The molecule has 21 heavy (non-hydrogen) atoms. The molecular formula is C15H23N3O3. The van der Waals surface area contributed by atoms with E-state index < -0.39 is 0 Å². The van der Waals surface area contributed by atoms with Crippen LogP contribution in [0.4, 0.5) is 4.79 Å². The number of aromatic nitrogens is 1. The van der Waals surface area contributed by atoms with E-state index >= 15 is 0 Å². The van der Waals surface area contributed by atoms with Crippen LogP contribution in [0.15, 0.2) is 24.5 Å². The molecule has 0 radical (unpaired) electrons. The summed E-state index contributed by atoms with van der Waals surface area (Å²) in [5.41, 5.74) is 0. The van der Waals surface area contributed by atoms with Gasteiger partial charge in [0, 0.05) is 25.8 Å². The van der Waals surface area contributed by atoms with Crippen LogP contribution in [0.3, 0.4) is 0 Å². The lowest BCUT2D eigenvalue weighted by molar-refractivity contribution is 0.0623. The van der Waals surface area contributed by atoms with Crippen molar-refractivity contribution in [3.8, 4) is 5.75 Å². The molecule has 0 aromatic carbocycles. The molecule has 1 aromatic rings. The molecule has 6 heteroatoms. The van der Waals surface area contributed by atoms with E-state index in [1.807, 2.05) is 12.1 Å². The number of carbonyl (C=O) groups excluding carboxylic acids is 1. The SMILES string of the molecule is CCCCOC(=O)N1CCNCC1COc1cccnc1. The topological polar surface area (TPSA) is 63.7 Å². The lowest BCUT2D eigenvalue weighted by Gasteiger charge is -2.35. The van der Waals surface area contributed by atoms with Gasteiger partial charge in [-0.1, -0.05) is 13.3 Å². The molecule has 0 spiro atoms. The van der Waals surface area contributed by atoms with Gasteiger partial charge >= 0.3 is 6.09 Å². The lowest BCUT2D eigenvalue weighted by Crippen LogP contribution is -2.56. The van der Waals surface area contributed by atoms with Gasteiger partial charge in [0.05, 0.1) is 18.8 Å². The number of piperazine rings is 1. The van der Waals surface area contributed by atoms with Crippen LogP contribution < -0.4 is 10.1 Å². The zero-order valence-electron chi connectivity index (χ0n) is 12.5. The molecule has 2 heterocycles. The van der Waals surface area contributed by atoms with Gasteiger partial charge in [0.15, 0.2) is 0 Å². The van der Waals surface area contributed by atoms with E-state index in [-0.39, 0.29) is 12.1 Å². The average Bonchev–Trinajstić information content (AvgIpc) is 2.54. The maximum absolute atomic E-state index is 12.1. The fourth-order valence-electron chi connectivity index (χ4n) is 2.16. The number of nitrogens with one attached hydrogen (secondary N) is 1. The van der Waals surface area contributed by atoms with Crippen molar-refractivity contribution in [3.05, 3.63) is 24.5 Å². The van der Waals surface area contributed by atoms with Crippen molar-refractivity contribution in [2.45, 2.75) is 25.8 Å². The first-order valence-corrected chi connectivity index (χ1v) is 7.48. The summed E-state index contributed by atoms with van der Waals surface area (Å²) in [6, 6.07) is 3.66. The molecule has 1 aliphatic heterocycles. The highest BCUT2D eigenvalue weighted by Gasteiger charge is 2.28. The first kappa shape index (κ1) is 15.6. The summed E-state index contributed by atoms with van der Waals surface area (Å²) < 4.78 is 11.0. The highest BCUT2D eigenvalue weighted by Crippen LogP contribution is 2.11. The largest absolute Gasteiger partial charge is 0.490 e. The fourth-order valence-corrected chi connectivity index (χ4v) is 2.16. The molecule has 1 saturated heterocycles. The molecule has 6 nitrogen and oxygen atoms in total. The van der Waals surface area contributed by atoms with E-state index in [9.17, 15) is 4.79 Å². The summed E-state index contributed by atoms with van der Waals surface area (Å²) >= 11 is 0. The predicted octanol–water partition coefficient (Wildman–Crippen LogP) is 1.67. The van der Waals surface area contributed by atoms with E-state index in [2.05, 4.69) is 17.2 Å². The van der Waals surface area contributed by atoms with Crippen molar-refractivity contribution < 1.29 is 14.3 Å². The van der Waals surface area contributed by atoms with Crippen LogP contribution in [0.2, 0.25) is 0 Å². The van der Waals surface area contributed by atoms with Crippen LogP contribution in [0.25, 0.3) is 0 Å². The van der Waals surface area contributed by atoms with E-state index in [0.717, 1.165) is 19.4 Å². The second kappa shape index (κ2) is 8.46. The van der Waals surface area contributed by atoms with Crippen LogP contribution in [0, 0.1) is 0 Å². The van der Waals surface area contributed by atoms with Crippen molar-refractivity contribution in [1.29, 1.82) is 0 Å². The Morgan fingerprint density at radius 3 is 3.24 bits per heavy atom. The van der Waals surface area contributed by atoms with Crippen LogP contribution in [0.1, 0.15) is 19.8 Å². The summed E-state index contributed by atoms with van der Waals surface area (Å²) in [4.78, 5) is 17.9. The van der Waals surface area contributed by atoms with E-state index in [1.165, 1.54) is 0 Å². The highest BCUT2D eigenvalue weighted by molar-refractivity contribution is 5.68. The Balaban J connectivity index is 1.84. The van der Waals surface area contributed by atoms with Gasteiger partial charge in [0.2, 0.25) is 0 Å². The smallest absolute Gasteiger partial charge is 0.410 e. The van der Waals surface area contributed by atoms with Crippen LogP contribution in [-0.2, 0) is 4.74 Å². The van der Waals surface area contributed by atoms with Crippen LogP contribution in [0.5, 0.6) is 5.75 Å². The molecule has 0 aliphatic carbocycles. The lowest BCUT2D eigenvalue weighted by atomic mass is 10.2. The molecule has 1 unspecified atom stereocenters. The number of pyridine rings is 1. The van der Waals surface area contributed by atoms with Crippen molar-refractivity contribution in [2.75, 3.05) is 32.8 Å². The zero-order chi connectivity index (χ0) is 14.9. The minimum absolute atomic E-state index is 0.0203. The molecule has 116 valence electrons. The number of hydrogen-bond acceptors (Lipinski definition) is 5. The van der Waals surface area contributed by atoms with Crippen molar-refractivity contribution >= 4 is 6.09 Å². The predicted molar refractivity (Wildman–Crippen MR) is 79.4 cm³/mol. The van der Waals surface area contributed by atoms with E-state index in [0.29, 0.717) is 32.1 Å². The number of amides is 1. The number of carbonyl (C=O) groups is 1. The van der Waals surface area contributed by atoms with Gasteiger partial charge in [-0.3, -0.25) is 9.88 Å². The second-order valence-electron chi connectivity index (χ2n) is 5.02. The van der Waals surface area contributed by atoms with Crippen LogP contribution >= 0.6 is 0 Å². The number of rotatable bonds is 6. The molecule has 1 aliphatic rings. The van der Waals surface area contributed by atoms with E-state index in [4.69, 9.17) is 9.47 Å². The highest BCUT2D eigenvalue weighted by atomic mass is 16.6. The van der Waals surface area contributed by atoms with Crippen molar-refractivity contribution in [3.63, 3.8) is 0 Å². The average molecular weight is 293 g/mol. The molecule has 1 N–H and O–H groups in total. The number of nitrogens with zero attached hydrogens (tertiary/aromatic N) is 2. The second-order valence-corrected chi connectivity index (χ2v) is 5.02. The summed E-state index contributed by atoms with van der Waals surface area (Å²) in [5.74, 6) is 0.711.